The van der Waals surface area contributed by atoms with E-state index in [0.717, 1.165) is 0 Å². The molecular formula is C7H13N2+. The maximum atomic E-state index is 3.03. The minimum absolute atomic E-state index is 0.208. The van der Waals surface area contributed by atoms with Crippen LogP contribution < -0.4 is 5.43 Å². The quantitative estimate of drug-likeness (QED) is 0.472. The molecule has 0 aromatic rings. The van der Waals surface area contributed by atoms with Crippen LogP contribution in [0.25, 0.3) is 0 Å². The van der Waals surface area contributed by atoms with Gasteiger partial charge in [-0.25, -0.2) is 0 Å². The Morgan fingerprint density at radius 2 is 2.11 bits per heavy atom. The summed E-state index contributed by atoms with van der Waals surface area (Å²) in [5.74, 6) is 0. The van der Waals surface area contributed by atoms with E-state index in [-0.39, 0.29) is 5.41 Å². The van der Waals surface area contributed by atoms with E-state index in [9.17, 15) is 0 Å². The van der Waals surface area contributed by atoms with Crippen molar-refractivity contribution in [2.75, 3.05) is 7.05 Å². The van der Waals surface area contributed by atoms with E-state index in [0.29, 0.717) is 0 Å². The van der Waals surface area contributed by atoms with Gasteiger partial charge in [0.25, 0.3) is 0 Å². The molecule has 1 rings (SSSR count). The fourth-order valence-corrected chi connectivity index (χ4v) is 0.949. The van der Waals surface area contributed by atoms with Crippen LogP contribution in [0.5, 0.6) is 0 Å². The van der Waals surface area contributed by atoms with E-state index < -0.39 is 0 Å². The Balaban J connectivity index is 2.78. The van der Waals surface area contributed by atoms with Crippen molar-refractivity contribution in [2.45, 2.75) is 13.8 Å². The number of hydrogen-bond acceptors (Lipinski definition) is 1. The lowest BCUT2D eigenvalue weighted by atomic mass is 9.95. The third-order valence-electron chi connectivity index (χ3n) is 1.32. The average molecular weight is 125 g/mol. The molecule has 0 fully saturated rings. The van der Waals surface area contributed by atoms with Crippen molar-refractivity contribution >= 4 is 6.21 Å². The van der Waals surface area contributed by atoms with Crippen LogP contribution in [0.2, 0.25) is 0 Å². The van der Waals surface area contributed by atoms with Gasteiger partial charge < -0.3 is 0 Å². The normalized spacial score (nSPS) is 22.8. The van der Waals surface area contributed by atoms with Crippen LogP contribution in [0.3, 0.4) is 0 Å². The molecular weight excluding hydrogens is 112 g/mol. The zero-order valence-electron chi connectivity index (χ0n) is 6.18. The molecule has 0 aliphatic carbocycles. The summed E-state index contributed by atoms with van der Waals surface area (Å²) in [6.07, 6.45) is 6.22. The van der Waals surface area contributed by atoms with Gasteiger partial charge in [-0.15, -0.1) is 4.68 Å². The SMILES string of the molecule is C[N+]1=CC(C)(C)C=CN1. The van der Waals surface area contributed by atoms with Gasteiger partial charge in [-0.05, 0) is 19.9 Å². The average Bonchev–Trinajstić information content (AvgIpc) is 1.60. The van der Waals surface area contributed by atoms with Crippen LogP contribution in [-0.2, 0) is 0 Å². The minimum Gasteiger partial charge on any atom is -0.174 e. The van der Waals surface area contributed by atoms with Crippen LogP contribution in [0.15, 0.2) is 12.3 Å². The highest BCUT2D eigenvalue weighted by atomic mass is 15.4. The van der Waals surface area contributed by atoms with Gasteiger partial charge in [0.1, 0.15) is 0 Å². The lowest BCUT2D eigenvalue weighted by Crippen LogP contribution is -2.31. The molecule has 50 valence electrons. The molecule has 1 aliphatic rings. The summed E-state index contributed by atoms with van der Waals surface area (Å²) in [4.78, 5) is 0. The van der Waals surface area contributed by atoms with Crippen molar-refractivity contribution in [2.24, 2.45) is 5.41 Å². The predicted octanol–water partition coefficient (Wildman–Crippen LogP) is 0.758. The molecule has 1 heterocycles. The van der Waals surface area contributed by atoms with E-state index in [1.54, 1.807) is 0 Å². The second kappa shape index (κ2) is 1.87. The van der Waals surface area contributed by atoms with Crippen molar-refractivity contribution < 1.29 is 4.68 Å². The lowest BCUT2D eigenvalue weighted by Gasteiger charge is -2.14. The minimum atomic E-state index is 0.208. The van der Waals surface area contributed by atoms with Gasteiger partial charge in [0.2, 0.25) is 0 Å². The van der Waals surface area contributed by atoms with Gasteiger partial charge in [0, 0.05) is 0 Å². The van der Waals surface area contributed by atoms with Crippen molar-refractivity contribution in [1.82, 2.24) is 5.43 Å². The Morgan fingerprint density at radius 3 is 2.44 bits per heavy atom. The number of hydrazine groups is 1. The number of nitrogens with one attached hydrogen (secondary N) is 1. The fraction of sp³-hybridized carbons (Fsp3) is 0.571. The molecule has 0 unspecified atom stereocenters. The third kappa shape index (κ3) is 1.56. The van der Waals surface area contributed by atoms with Crippen LogP contribution in [0.4, 0.5) is 0 Å². The summed E-state index contributed by atoms with van der Waals surface area (Å²) >= 11 is 0. The molecule has 0 atom stereocenters. The van der Waals surface area contributed by atoms with Crippen LogP contribution in [0.1, 0.15) is 13.8 Å². The van der Waals surface area contributed by atoms with E-state index in [1.165, 1.54) is 0 Å². The third-order valence-corrected chi connectivity index (χ3v) is 1.32. The molecule has 0 spiro atoms. The fourth-order valence-electron chi connectivity index (χ4n) is 0.949. The van der Waals surface area contributed by atoms with Crippen molar-refractivity contribution in [3.8, 4) is 0 Å². The van der Waals surface area contributed by atoms with Gasteiger partial charge in [0.15, 0.2) is 13.3 Å². The van der Waals surface area contributed by atoms with Gasteiger partial charge in [-0.3, -0.25) is 0 Å². The van der Waals surface area contributed by atoms with Crippen molar-refractivity contribution in [3.05, 3.63) is 12.3 Å². The monoisotopic (exact) mass is 125 g/mol. The Hall–Kier alpha value is -0.790. The zero-order valence-corrected chi connectivity index (χ0v) is 6.18. The first-order valence-corrected chi connectivity index (χ1v) is 3.13. The van der Waals surface area contributed by atoms with Crippen LogP contribution >= 0.6 is 0 Å². The number of rotatable bonds is 0. The molecule has 1 aliphatic heterocycles. The van der Waals surface area contributed by atoms with Gasteiger partial charge >= 0.3 is 0 Å². The first-order chi connectivity index (χ1) is 4.10. The molecule has 2 nitrogen and oxygen atoms in total. The lowest BCUT2D eigenvalue weighted by molar-refractivity contribution is -0.548. The van der Waals surface area contributed by atoms with Gasteiger partial charge in [-0.1, -0.05) is 0 Å². The largest absolute Gasteiger partial charge is 0.179 e. The number of nitrogens with zero attached hydrogens (tertiary/aromatic N) is 1. The van der Waals surface area contributed by atoms with E-state index in [1.807, 2.05) is 17.9 Å². The molecule has 0 aromatic heterocycles. The molecule has 0 bridgehead atoms. The summed E-state index contributed by atoms with van der Waals surface area (Å²) in [7, 11) is 1.99. The second-order valence-electron chi connectivity index (χ2n) is 3.02. The smallest absolute Gasteiger partial charge is 0.174 e. The predicted molar refractivity (Wildman–Crippen MR) is 38.3 cm³/mol. The van der Waals surface area contributed by atoms with E-state index in [2.05, 4.69) is 31.6 Å². The first-order valence-electron chi connectivity index (χ1n) is 3.13. The number of allylic oxidation sites excluding steroid dienone is 1. The second-order valence-corrected chi connectivity index (χ2v) is 3.02. The Labute approximate surface area is 55.9 Å². The van der Waals surface area contributed by atoms with E-state index in [4.69, 9.17) is 0 Å². The Morgan fingerprint density at radius 1 is 1.44 bits per heavy atom. The molecule has 9 heavy (non-hydrogen) atoms. The summed E-state index contributed by atoms with van der Waals surface area (Å²) in [6, 6.07) is 0. The van der Waals surface area contributed by atoms with Crippen LogP contribution in [-0.4, -0.2) is 17.9 Å². The van der Waals surface area contributed by atoms with Gasteiger partial charge in [-0.2, -0.15) is 5.43 Å². The highest BCUT2D eigenvalue weighted by Gasteiger charge is 2.18. The number of hydrogen-bond donors (Lipinski definition) is 1. The highest BCUT2D eigenvalue weighted by Crippen LogP contribution is 2.13. The molecule has 0 aromatic carbocycles. The molecule has 0 radical (unpaired) electrons. The van der Waals surface area contributed by atoms with Crippen LogP contribution in [0, 0.1) is 5.41 Å². The summed E-state index contributed by atoms with van der Waals surface area (Å²) in [5, 5.41) is 0. The summed E-state index contributed by atoms with van der Waals surface area (Å²) < 4.78 is 1.96. The number of hydrazone groups is 1. The Bertz CT molecular complexity index is 166. The Kier molecular flexibility index (Phi) is 1.31. The maximum Gasteiger partial charge on any atom is 0.179 e. The first kappa shape index (κ1) is 6.33. The molecule has 0 saturated carbocycles. The topological polar surface area (TPSA) is 15.0 Å². The van der Waals surface area contributed by atoms with Gasteiger partial charge in [0.05, 0.1) is 11.6 Å². The standard InChI is InChI=1S/C7H13N2/c1-7(2)4-5-8-9(3)6-7/h4-6,8H,1-3H3/q+1. The molecule has 2 heteroatoms. The summed E-state index contributed by atoms with van der Waals surface area (Å²) in [6.45, 7) is 4.34. The molecule has 1 N–H and O–H groups in total. The molecule has 0 amide bonds. The van der Waals surface area contributed by atoms with Crippen molar-refractivity contribution in [3.63, 3.8) is 0 Å². The zero-order chi connectivity index (χ0) is 6.91. The van der Waals surface area contributed by atoms with E-state index >= 15 is 0 Å². The molecule has 0 saturated heterocycles. The highest BCUT2D eigenvalue weighted by molar-refractivity contribution is 5.62. The summed E-state index contributed by atoms with van der Waals surface area (Å²) in [5.41, 5.74) is 3.24. The van der Waals surface area contributed by atoms with Crippen molar-refractivity contribution in [1.29, 1.82) is 0 Å². The maximum absolute atomic E-state index is 3.03.